The Bertz CT molecular complexity index is 793. The molecular formula is C18H29N5O7. The summed E-state index contributed by atoms with van der Waals surface area (Å²) >= 11 is 0. The number of H-pyrrole nitrogens is 1. The van der Waals surface area contributed by atoms with Gasteiger partial charge in [0.2, 0.25) is 11.9 Å². The Balaban J connectivity index is 0.00000101. The standard InChI is InChI=1S/C17H27N5O5.CH2O2/c1-16(21-13(24)10-26-2)5-8-27-17(14(16)25)3-6-22(7-4-17)11-9-12(23)20-15(18)19-11;2-1-3/h9,14,25H,3-8,10H2,1-2H3,(H,21,24)(H3,18,19,20,23);1H,(H,2,3)/t14-,16+;/m0./s1. The molecule has 2 aliphatic rings. The van der Waals surface area contributed by atoms with Crippen molar-refractivity contribution in [2.75, 3.05) is 44.0 Å². The highest BCUT2D eigenvalue weighted by molar-refractivity contribution is 5.78. The third-order valence-electron chi connectivity index (χ3n) is 5.49. The van der Waals surface area contributed by atoms with Crippen LogP contribution in [0.25, 0.3) is 0 Å². The fourth-order valence-corrected chi connectivity index (χ4v) is 4.04. The number of carbonyl (C=O) groups excluding carboxylic acids is 1. The number of carboxylic acid groups (broad SMARTS) is 1. The normalized spacial score (nSPS) is 25.2. The summed E-state index contributed by atoms with van der Waals surface area (Å²) in [5, 5.41) is 20.9. The average molecular weight is 427 g/mol. The number of aliphatic hydroxyl groups is 1. The van der Waals surface area contributed by atoms with Gasteiger partial charge in [0.15, 0.2) is 0 Å². The van der Waals surface area contributed by atoms with Crippen molar-refractivity contribution in [3.63, 3.8) is 0 Å². The van der Waals surface area contributed by atoms with Gasteiger partial charge in [0.25, 0.3) is 12.0 Å². The summed E-state index contributed by atoms with van der Waals surface area (Å²) in [6.45, 7) is 3.07. The quantitative estimate of drug-likeness (QED) is 0.362. The van der Waals surface area contributed by atoms with Gasteiger partial charge in [-0.3, -0.25) is 19.4 Å². The number of amides is 1. The summed E-state index contributed by atoms with van der Waals surface area (Å²) in [5.74, 6) is 0.310. The van der Waals surface area contributed by atoms with E-state index in [-0.39, 0.29) is 30.5 Å². The first-order chi connectivity index (χ1) is 14.2. The molecule has 1 amide bonds. The van der Waals surface area contributed by atoms with E-state index in [0.717, 1.165) is 0 Å². The summed E-state index contributed by atoms with van der Waals surface area (Å²) in [7, 11) is 1.45. The number of aromatic nitrogens is 2. The first-order valence-electron chi connectivity index (χ1n) is 9.51. The van der Waals surface area contributed by atoms with Gasteiger partial charge >= 0.3 is 0 Å². The van der Waals surface area contributed by atoms with E-state index in [1.54, 1.807) is 0 Å². The maximum Gasteiger partial charge on any atom is 0.290 e. The molecule has 0 saturated carbocycles. The molecule has 0 unspecified atom stereocenters. The monoisotopic (exact) mass is 427 g/mol. The molecule has 0 aromatic carbocycles. The summed E-state index contributed by atoms with van der Waals surface area (Å²) in [4.78, 5) is 40.5. The maximum absolute atomic E-state index is 12.0. The van der Waals surface area contributed by atoms with Crippen LogP contribution in [-0.2, 0) is 19.1 Å². The molecule has 2 atom stereocenters. The van der Waals surface area contributed by atoms with Crippen molar-refractivity contribution in [1.82, 2.24) is 15.3 Å². The number of hydrogen-bond acceptors (Lipinski definition) is 9. The molecule has 1 aromatic rings. The number of nitrogens with zero attached hydrogens (tertiary/aromatic N) is 2. The summed E-state index contributed by atoms with van der Waals surface area (Å²) in [5.41, 5.74) is 3.77. The molecule has 0 radical (unpaired) electrons. The lowest BCUT2D eigenvalue weighted by Gasteiger charge is -2.53. The van der Waals surface area contributed by atoms with Gasteiger partial charge in [-0.1, -0.05) is 0 Å². The molecule has 12 heteroatoms. The molecule has 0 aliphatic carbocycles. The van der Waals surface area contributed by atoms with Crippen LogP contribution >= 0.6 is 0 Å². The van der Waals surface area contributed by atoms with Crippen molar-refractivity contribution >= 4 is 24.1 Å². The highest BCUT2D eigenvalue weighted by Crippen LogP contribution is 2.40. The molecule has 30 heavy (non-hydrogen) atoms. The van der Waals surface area contributed by atoms with Crippen LogP contribution in [0.2, 0.25) is 0 Å². The van der Waals surface area contributed by atoms with Crippen molar-refractivity contribution in [2.45, 2.75) is 43.4 Å². The molecular weight excluding hydrogens is 398 g/mol. The highest BCUT2D eigenvalue weighted by Gasteiger charge is 2.53. The number of ether oxygens (including phenoxy) is 2. The molecule has 1 aromatic heterocycles. The molecule has 168 valence electrons. The lowest BCUT2D eigenvalue weighted by atomic mass is 9.73. The Labute approximate surface area is 173 Å². The third kappa shape index (κ3) is 5.26. The summed E-state index contributed by atoms with van der Waals surface area (Å²) in [6, 6.07) is 1.40. The van der Waals surface area contributed by atoms with Crippen LogP contribution in [0.1, 0.15) is 26.2 Å². The number of hydrogen-bond donors (Lipinski definition) is 5. The van der Waals surface area contributed by atoms with Crippen LogP contribution in [0.15, 0.2) is 10.9 Å². The smallest absolute Gasteiger partial charge is 0.290 e. The number of carbonyl (C=O) groups is 2. The van der Waals surface area contributed by atoms with E-state index in [1.807, 2.05) is 11.8 Å². The number of anilines is 2. The summed E-state index contributed by atoms with van der Waals surface area (Å²) in [6.07, 6.45) is 0.733. The molecule has 2 saturated heterocycles. The van der Waals surface area contributed by atoms with Crippen molar-refractivity contribution < 1.29 is 29.3 Å². The second-order valence-electron chi connectivity index (χ2n) is 7.55. The SMILES string of the molecule is COCC(=O)N[C@]1(C)CCOC2(CCN(c3cc(=O)[nH]c(N)n3)CC2)[C@H]1O.O=CO. The molecule has 3 rings (SSSR count). The number of nitrogens with one attached hydrogen (secondary N) is 2. The van der Waals surface area contributed by atoms with Crippen LogP contribution in [-0.4, -0.2) is 83.2 Å². The number of methoxy groups -OCH3 is 1. The van der Waals surface area contributed by atoms with Crippen molar-refractivity contribution in [2.24, 2.45) is 0 Å². The average Bonchev–Trinajstić information content (AvgIpc) is 2.67. The van der Waals surface area contributed by atoms with Crippen molar-refractivity contribution in [3.05, 3.63) is 16.4 Å². The zero-order valence-electron chi connectivity index (χ0n) is 17.1. The van der Waals surface area contributed by atoms with Gasteiger partial charge < -0.3 is 35.6 Å². The number of piperidine rings is 1. The van der Waals surface area contributed by atoms with E-state index in [4.69, 9.17) is 25.1 Å². The highest BCUT2D eigenvalue weighted by atomic mass is 16.5. The molecule has 2 aliphatic heterocycles. The van der Waals surface area contributed by atoms with Gasteiger partial charge in [0, 0.05) is 32.9 Å². The van der Waals surface area contributed by atoms with Crippen LogP contribution in [0.4, 0.5) is 11.8 Å². The van der Waals surface area contributed by atoms with Crippen LogP contribution < -0.4 is 21.5 Å². The minimum atomic E-state index is -0.862. The Morgan fingerprint density at radius 1 is 1.50 bits per heavy atom. The number of aliphatic hydroxyl groups excluding tert-OH is 1. The second-order valence-corrected chi connectivity index (χ2v) is 7.55. The van der Waals surface area contributed by atoms with Crippen molar-refractivity contribution in [3.8, 4) is 0 Å². The molecule has 3 heterocycles. The number of nitrogen functional groups attached to an aromatic ring is 1. The minimum absolute atomic E-state index is 0.0560. The maximum atomic E-state index is 12.0. The second kappa shape index (κ2) is 9.87. The molecule has 1 spiro atoms. The zero-order chi connectivity index (χ0) is 22.4. The van der Waals surface area contributed by atoms with Gasteiger partial charge in [-0.2, -0.15) is 4.98 Å². The van der Waals surface area contributed by atoms with E-state index in [9.17, 15) is 14.7 Å². The Morgan fingerprint density at radius 3 is 2.70 bits per heavy atom. The van der Waals surface area contributed by atoms with Gasteiger partial charge in [-0.05, 0) is 26.2 Å². The predicted molar refractivity (Wildman–Crippen MR) is 107 cm³/mol. The largest absolute Gasteiger partial charge is 0.483 e. The number of aromatic amines is 1. The van der Waals surface area contributed by atoms with Gasteiger partial charge in [-0.25, -0.2) is 0 Å². The van der Waals surface area contributed by atoms with E-state index in [2.05, 4.69) is 15.3 Å². The molecule has 12 nitrogen and oxygen atoms in total. The molecule has 0 bridgehead atoms. The van der Waals surface area contributed by atoms with Crippen LogP contribution in [0.3, 0.4) is 0 Å². The van der Waals surface area contributed by atoms with E-state index < -0.39 is 17.2 Å². The zero-order valence-corrected chi connectivity index (χ0v) is 17.1. The van der Waals surface area contributed by atoms with E-state index >= 15 is 0 Å². The van der Waals surface area contributed by atoms with E-state index in [1.165, 1.54) is 13.2 Å². The van der Waals surface area contributed by atoms with Crippen LogP contribution in [0, 0.1) is 0 Å². The molecule has 6 N–H and O–H groups in total. The van der Waals surface area contributed by atoms with Gasteiger partial charge in [-0.15, -0.1) is 0 Å². The Kier molecular flexibility index (Phi) is 7.76. The topological polar surface area (TPSA) is 180 Å². The van der Waals surface area contributed by atoms with Crippen LogP contribution in [0.5, 0.6) is 0 Å². The van der Waals surface area contributed by atoms with Crippen molar-refractivity contribution in [1.29, 1.82) is 0 Å². The lowest BCUT2D eigenvalue weighted by Crippen LogP contribution is -2.69. The molecule has 2 fully saturated rings. The fraction of sp³-hybridized carbons (Fsp3) is 0.667. The Hall–Kier alpha value is -2.70. The number of rotatable bonds is 4. The Morgan fingerprint density at radius 2 is 2.13 bits per heavy atom. The third-order valence-corrected chi connectivity index (χ3v) is 5.49. The van der Waals surface area contributed by atoms with E-state index in [0.29, 0.717) is 44.8 Å². The predicted octanol–water partition coefficient (Wildman–Crippen LogP) is -1.31. The minimum Gasteiger partial charge on any atom is -0.483 e. The fourth-order valence-electron chi connectivity index (χ4n) is 4.04. The lowest BCUT2D eigenvalue weighted by molar-refractivity contribution is -0.198. The first-order valence-corrected chi connectivity index (χ1v) is 9.51. The number of nitrogens with two attached hydrogens (primary N) is 1. The summed E-state index contributed by atoms with van der Waals surface area (Å²) < 4.78 is 10.9. The van der Waals surface area contributed by atoms with Gasteiger partial charge in [0.1, 0.15) is 18.5 Å². The van der Waals surface area contributed by atoms with Gasteiger partial charge in [0.05, 0.1) is 11.1 Å². The first kappa shape index (κ1) is 23.6.